The van der Waals surface area contributed by atoms with Crippen LogP contribution in [-0.2, 0) is 6.42 Å². The second-order valence-corrected chi connectivity index (χ2v) is 15.3. The first-order valence-corrected chi connectivity index (χ1v) is 19.2. The predicted molar refractivity (Wildman–Crippen MR) is 230 cm³/mol. The number of hydrogen-bond donors (Lipinski definition) is 0. The summed E-state index contributed by atoms with van der Waals surface area (Å²) in [6, 6.07) is 49.4. The van der Waals surface area contributed by atoms with E-state index in [-0.39, 0.29) is 0 Å². The van der Waals surface area contributed by atoms with Crippen molar-refractivity contribution in [1.29, 1.82) is 0 Å². The molecule has 0 unspecified atom stereocenters. The maximum atomic E-state index is 6.86. The average molecular weight is 723 g/mol. The molecule has 0 amide bonds. The van der Waals surface area contributed by atoms with E-state index >= 15 is 0 Å². The van der Waals surface area contributed by atoms with Crippen LogP contribution < -0.4 is 0 Å². The molecular formula is C52H34O4. The zero-order chi connectivity index (χ0) is 37.2. The molecule has 0 bridgehead atoms. The van der Waals surface area contributed by atoms with Gasteiger partial charge in [-0.25, -0.2) is 0 Å². The third-order valence-electron chi connectivity index (χ3n) is 12.0. The largest absolute Gasteiger partial charge is 0.456 e. The Morgan fingerprint density at radius 2 is 0.839 bits per heavy atom. The molecule has 4 aromatic heterocycles. The molecule has 0 spiro atoms. The van der Waals surface area contributed by atoms with Gasteiger partial charge in [0.05, 0.1) is 0 Å². The van der Waals surface area contributed by atoms with Crippen LogP contribution >= 0.6 is 0 Å². The van der Waals surface area contributed by atoms with Crippen LogP contribution in [0.1, 0.15) is 27.8 Å². The van der Waals surface area contributed by atoms with Crippen LogP contribution in [0.3, 0.4) is 0 Å². The molecular weight excluding hydrogens is 689 g/mol. The molecule has 8 aromatic carbocycles. The fraction of sp³-hybridized carbons (Fsp3) is 0.0769. The average Bonchev–Trinajstić information content (AvgIpc) is 4.00. The van der Waals surface area contributed by atoms with E-state index in [1.807, 2.05) is 0 Å². The van der Waals surface area contributed by atoms with Crippen molar-refractivity contribution in [2.75, 3.05) is 0 Å². The molecule has 0 aliphatic rings. The highest BCUT2D eigenvalue weighted by Crippen LogP contribution is 2.43. The standard InChI is InChI=1S/C52H34O4/c1-28-9-4-12-35-37-14-6-11-34(50(37)54-47(28)35)33-21-24-46-44(27-33)43-26-31(19-23-45(43)53-46)25-32-20-22-42-41-18-8-17-40(52(41)56-49(42)30(32)3)39-16-7-15-38-36-13-5-10-29(2)48(36)55-51(38)39/h4-24,26-27H,25H2,1-3H3. The van der Waals surface area contributed by atoms with E-state index in [1.54, 1.807) is 0 Å². The van der Waals surface area contributed by atoms with Crippen LogP contribution in [0.5, 0.6) is 0 Å². The second-order valence-electron chi connectivity index (χ2n) is 15.3. The lowest BCUT2D eigenvalue weighted by Gasteiger charge is -2.07. The molecule has 0 atom stereocenters. The highest BCUT2D eigenvalue weighted by Gasteiger charge is 2.20. The number of rotatable bonds is 4. The minimum absolute atomic E-state index is 0.767. The molecule has 4 heterocycles. The van der Waals surface area contributed by atoms with Gasteiger partial charge in [0.15, 0.2) is 0 Å². The maximum Gasteiger partial charge on any atom is 0.143 e. The summed E-state index contributed by atoms with van der Waals surface area (Å²) in [5.41, 5.74) is 17.3. The minimum Gasteiger partial charge on any atom is -0.456 e. The van der Waals surface area contributed by atoms with E-state index < -0.39 is 0 Å². The monoisotopic (exact) mass is 722 g/mol. The predicted octanol–water partition coefficient (Wildman–Crippen LogP) is 15.1. The molecule has 0 radical (unpaired) electrons. The number of furan rings is 4. The molecule has 4 nitrogen and oxygen atoms in total. The normalized spacial score (nSPS) is 12.3. The van der Waals surface area contributed by atoms with Gasteiger partial charge in [-0.1, -0.05) is 115 Å². The van der Waals surface area contributed by atoms with Crippen LogP contribution in [-0.4, -0.2) is 0 Å². The Kier molecular flexibility index (Phi) is 6.42. The molecule has 0 aliphatic carbocycles. The highest BCUT2D eigenvalue weighted by molar-refractivity contribution is 6.16. The lowest BCUT2D eigenvalue weighted by atomic mass is 9.96. The topological polar surface area (TPSA) is 52.6 Å². The molecule has 56 heavy (non-hydrogen) atoms. The number of fused-ring (bicyclic) bond motifs is 12. The Bertz CT molecular complexity index is 3600. The van der Waals surface area contributed by atoms with Crippen molar-refractivity contribution < 1.29 is 17.7 Å². The van der Waals surface area contributed by atoms with Gasteiger partial charge in [0.2, 0.25) is 0 Å². The lowest BCUT2D eigenvalue weighted by molar-refractivity contribution is 0.661. The summed E-state index contributed by atoms with van der Waals surface area (Å²) < 4.78 is 26.3. The van der Waals surface area contributed by atoms with Gasteiger partial charge in [0.25, 0.3) is 0 Å². The van der Waals surface area contributed by atoms with Crippen molar-refractivity contribution in [3.8, 4) is 22.3 Å². The number of hydrogen-bond acceptors (Lipinski definition) is 4. The van der Waals surface area contributed by atoms with Crippen molar-refractivity contribution >= 4 is 87.8 Å². The summed E-state index contributed by atoms with van der Waals surface area (Å²) in [5.74, 6) is 0. The van der Waals surface area contributed by atoms with Crippen LogP contribution in [0.2, 0.25) is 0 Å². The zero-order valence-corrected chi connectivity index (χ0v) is 31.1. The van der Waals surface area contributed by atoms with Gasteiger partial charge >= 0.3 is 0 Å². The molecule has 4 heteroatoms. The number of aryl methyl sites for hydroxylation is 3. The second kappa shape index (κ2) is 11.5. The molecule has 0 saturated carbocycles. The van der Waals surface area contributed by atoms with Crippen LogP contribution in [0.4, 0.5) is 0 Å². The summed E-state index contributed by atoms with van der Waals surface area (Å²) in [6.07, 6.45) is 0.767. The van der Waals surface area contributed by atoms with Crippen molar-refractivity contribution in [2.24, 2.45) is 0 Å². The number of para-hydroxylation sites is 5. The maximum absolute atomic E-state index is 6.86. The summed E-state index contributed by atoms with van der Waals surface area (Å²) in [5, 5.41) is 8.95. The fourth-order valence-corrected chi connectivity index (χ4v) is 9.12. The van der Waals surface area contributed by atoms with Crippen LogP contribution in [0, 0.1) is 20.8 Å². The summed E-state index contributed by atoms with van der Waals surface area (Å²) in [6.45, 7) is 6.38. The Hall–Kier alpha value is -7.04. The Balaban J connectivity index is 0.944. The summed E-state index contributed by atoms with van der Waals surface area (Å²) >= 11 is 0. The van der Waals surface area contributed by atoms with Crippen molar-refractivity contribution in [3.63, 3.8) is 0 Å². The summed E-state index contributed by atoms with van der Waals surface area (Å²) in [7, 11) is 0. The number of benzene rings is 8. The minimum atomic E-state index is 0.767. The fourth-order valence-electron chi connectivity index (χ4n) is 9.12. The Morgan fingerprint density at radius 3 is 1.46 bits per heavy atom. The van der Waals surface area contributed by atoms with Crippen molar-refractivity contribution in [1.82, 2.24) is 0 Å². The lowest BCUT2D eigenvalue weighted by Crippen LogP contribution is -1.92. The molecule has 0 aliphatic heterocycles. The van der Waals surface area contributed by atoms with Crippen molar-refractivity contribution in [3.05, 3.63) is 167 Å². The molecule has 0 saturated heterocycles. The quantitative estimate of drug-likeness (QED) is 0.181. The Morgan fingerprint density at radius 1 is 0.357 bits per heavy atom. The van der Waals surface area contributed by atoms with Gasteiger partial charge in [-0.05, 0) is 84.8 Å². The molecule has 12 aromatic rings. The third-order valence-corrected chi connectivity index (χ3v) is 12.0. The van der Waals surface area contributed by atoms with E-state index in [0.29, 0.717) is 0 Å². The van der Waals surface area contributed by atoms with E-state index in [0.717, 1.165) is 133 Å². The third kappa shape index (κ3) is 4.41. The van der Waals surface area contributed by atoms with E-state index in [9.17, 15) is 0 Å². The van der Waals surface area contributed by atoms with Gasteiger partial charge < -0.3 is 17.7 Å². The van der Waals surface area contributed by atoms with Crippen LogP contribution in [0.15, 0.2) is 157 Å². The van der Waals surface area contributed by atoms with Gasteiger partial charge in [-0.3, -0.25) is 0 Å². The molecule has 0 fully saturated rings. The first kappa shape index (κ1) is 31.3. The van der Waals surface area contributed by atoms with Gasteiger partial charge in [-0.2, -0.15) is 0 Å². The smallest absolute Gasteiger partial charge is 0.143 e. The van der Waals surface area contributed by atoms with E-state index in [1.165, 1.54) is 11.1 Å². The summed E-state index contributed by atoms with van der Waals surface area (Å²) in [4.78, 5) is 0. The molecule has 266 valence electrons. The SMILES string of the molecule is Cc1cccc2c1oc1c(-c3ccc4oc5ccc(Cc6ccc7c(oc8c(-c9cccc%10c9oc9c(C)cccc9%10)cccc87)c6C)cc5c4c3)cccc12. The van der Waals surface area contributed by atoms with Crippen LogP contribution in [0.25, 0.3) is 110 Å². The van der Waals surface area contributed by atoms with Gasteiger partial charge in [-0.15, -0.1) is 0 Å². The first-order valence-electron chi connectivity index (χ1n) is 19.2. The highest BCUT2D eigenvalue weighted by atomic mass is 16.3. The van der Waals surface area contributed by atoms with E-state index in [4.69, 9.17) is 17.7 Å². The molecule has 12 rings (SSSR count). The van der Waals surface area contributed by atoms with Gasteiger partial charge in [0, 0.05) is 59.8 Å². The molecule has 0 N–H and O–H groups in total. The first-order chi connectivity index (χ1) is 27.5. The van der Waals surface area contributed by atoms with Gasteiger partial charge in [0.1, 0.15) is 44.7 Å². The van der Waals surface area contributed by atoms with E-state index in [2.05, 4.69) is 160 Å². The Labute approximate surface area is 321 Å². The zero-order valence-electron chi connectivity index (χ0n) is 31.1. The van der Waals surface area contributed by atoms with Crippen molar-refractivity contribution in [2.45, 2.75) is 27.2 Å².